The van der Waals surface area contributed by atoms with E-state index in [0.29, 0.717) is 13.1 Å². The number of amides is 1. The lowest BCUT2D eigenvalue weighted by Crippen LogP contribution is -2.35. The van der Waals surface area contributed by atoms with Gasteiger partial charge in [-0.1, -0.05) is 24.3 Å². The summed E-state index contributed by atoms with van der Waals surface area (Å²) in [5, 5.41) is 0. The van der Waals surface area contributed by atoms with Crippen LogP contribution in [0.1, 0.15) is 20.7 Å². The third-order valence-electron chi connectivity index (χ3n) is 2.93. The highest BCUT2D eigenvalue weighted by molar-refractivity contribution is 6.03. The minimum Gasteiger partial charge on any atom is -0.465 e. The molecule has 0 saturated heterocycles. The Kier molecular flexibility index (Phi) is 7.26. The van der Waals surface area contributed by atoms with Crippen molar-refractivity contribution in [3.8, 4) is 0 Å². The van der Waals surface area contributed by atoms with Gasteiger partial charge in [-0.25, -0.2) is 9.59 Å². The molecule has 1 aromatic carbocycles. The number of benzene rings is 1. The second-order valence-electron chi connectivity index (χ2n) is 4.49. The van der Waals surface area contributed by atoms with Crippen LogP contribution in [-0.4, -0.2) is 49.6 Å². The number of rotatable bonds is 8. The first-order valence-corrected chi connectivity index (χ1v) is 6.89. The van der Waals surface area contributed by atoms with E-state index in [2.05, 4.69) is 17.9 Å². The van der Waals surface area contributed by atoms with Gasteiger partial charge in [0, 0.05) is 13.1 Å². The predicted molar refractivity (Wildman–Crippen MR) is 85.0 cm³/mol. The van der Waals surface area contributed by atoms with Gasteiger partial charge in [0.05, 0.1) is 18.2 Å². The standard InChI is InChI=1S/C17H19NO5/c1-4-10-18(11-5-2)15(19)12-23-17(21)14-9-7-6-8-13(14)16(20)22-3/h4-9H,1-2,10-12H2,3H3. The van der Waals surface area contributed by atoms with Gasteiger partial charge in [-0.05, 0) is 12.1 Å². The van der Waals surface area contributed by atoms with Gasteiger partial charge in [0.2, 0.25) is 0 Å². The van der Waals surface area contributed by atoms with Crippen molar-refractivity contribution in [2.45, 2.75) is 0 Å². The molecule has 0 fully saturated rings. The zero-order chi connectivity index (χ0) is 17.2. The van der Waals surface area contributed by atoms with Gasteiger partial charge in [-0.3, -0.25) is 4.79 Å². The Hall–Kier alpha value is -2.89. The lowest BCUT2D eigenvalue weighted by atomic mass is 10.1. The summed E-state index contributed by atoms with van der Waals surface area (Å²) in [4.78, 5) is 37.1. The molecular formula is C17H19NO5. The molecular weight excluding hydrogens is 298 g/mol. The van der Waals surface area contributed by atoms with Crippen LogP contribution < -0.4 is 0 Å². The van der Waals surface area contributed by atoms with Crippen LogP contribution in [0.2, 0.25) is 0 Å². The van der Waals surface area contributed by atoms with Crippen LogP contribution in [0.5, 0.6) is 0 Å². The average molecular weight is 317 g/mol. The largest absolute Gasteiger partial charge is 0.465 e. The second kappa shape index (κ2) is 9.19. The fourth-order valence-electron chi connectivity index (χ4n) is 1.84. The van der Waals surface area contributed by atoms with Crippen LogP contribution in [0.15, 0.2) is 49.6 Å². The van der Waals surface area contributed by atoms with Crippen LogP contribution in [0.25, 0.3) is 0 Å². The Morgan fingerprint density at radius 1 is 1.04 bits per heavy atom. The van der Waals surface area contributed by atoms with Gasteiger partial charge in [0.15, 0.2) is 6.61 Å². The summed E-state index contributed by atoms with van der Waals surface area (Å²) in [7, 11) is 1.22. The van der Waals surface area contributed by atoms with E-state index in [4.69, 9.17) is 4.74 Å². The molecule has 6 nitrogen and oxygen atoms in total. The Balaban J connectivity index is 2.77. The van der Waals surface area contributed by atoms with Gasteiger partial charge >= 0.3 is 11.9 Å². The minimum absolute atomic E-state index is 0.0474. The van der Waals surface area contributed by atoms with Crippen molar-refractivity contribution in [3.05, 3.63) is 60.7 Å². The van der Waals surface area contributed by atoms with Crippen molar-refractivity contribution in [2.24, 2.45) is 0 Å². The molecule has 0 saturated carbocycles. The second-order valence-corrected chi connectivity index (χ2v) is 4.49. The van der Waals surface area contributed by atoms with E-state index in [-0.39, 0.29) is 17.0 Å². The highest BCUT2D eigenvalue weighted by atomic mass is 16.5. The SMILES string of the molecule is C=CCN(CC=C)C(=O)COC(=O)c1ccccc1C(=O)OC. The zero-order valence-electron chi connectivity index (χ0n) is 13.0. The van der Waals surface area contributed by atoms with Crippen LogP contribution in [0.3, 0.4) is 0 Å². The van der Waals surface area contributed by atoms with E-state index in [9.17, 15) is 14.4 Å². The molecule has 1 amide bonds. The smallest absolute Gasteiger partial charge is 0.339 e. The van der Waals surface area contributed by atoms with Gasteiger partial charge in [0.25, 0.3) is 5.91 Å². The number of carbonyl (C=O) groups is 3. The maximum atomic E-state index is 12.1. The first-order chi connectivity index (χ1) is 11.0. The Bertz CT molecular complexity index is 599. The number of carbonyl (C=O) groups excluding carboxylic acids is 3. The molecule has 0 radical (unpaired) electrons. The van der Waals surface area contributed by atoms with Crippen molar-refractivity contribution in [1.82, 2.24) is 4.90 Å². The Morgan fingerprint density at radius 3 is 2.04 bits per heavy atom. The topological polar surface area (TPSA) is 72.9 Å². The lowest BCUT2D eigenvalue weighted by molar-refractivity contribution is -0.133. The quantitative estimate of drug-likeness (QED) is 0.540. The summed E-state index contributed by atoms with van der Waals surface area (Å²) in [5.41, 5.74) is 0.132. The molecule has 23 heavy (non-hydrogen) atoms. The number of hydrogen-bond acceptors (Lipinski definition) is 5. The maximum Gasteiger partial charge on any atom is 0.339 e. The maximum absolute atomic E-state index is 12.1. The summed E-state index contributed by atoms with van der Waals surface area (Å²) in [6, 6.07) is 6.08. The van der Waals surface area contributed by atoms with Gasteiger partial charge in [-0.15, -0.1) is 13.2 Å². The fraction of sp³-hybridized carbons (Fsp3) is 0.235. The highest BCUT2D eigenvalue weighted by Gasteiger charge is 2.20. The molecule has 0 aliphatic rings. The monoisotopic (exact) mass is 317 g/mol. The molecule has 0 unspecified atom stereocenters. The number of hydrogen-bond donors (Lipinski definition) is 0. The van der Waals surface area contributed by atoms with Gasteiger partial charge < -0.3 is 14.4 Å². The van der Waals surface area contributed by atoms with Crippen molar-refractivity contribution in [3.63, 3.8) is 0 Å². The van der Waals surface area contributed by atoms with Crippen molar-refractivity contribution < 1.29 is 23.9 Å². The molecule has 0 bridgehead atoms. The molecule has 0 spiro atoms. The number of ether oxygens (including phenoxy) is 2. The molecule has 0 aliphatic heterocycles. The third kappa shape index (κ3) is 5.10. The molecule has 0 aliphatic carbocycles. The van der Waals surface area contributed by atoms with E-state index in [0.717, 1.165) is 0 Å². The Morgan fingerprint density at radius 2 is 1.57 bits per heavy atom. The van der Waals surface area contributed by atoms with E-state index < -0.39 is 18.5 Å². The summed E-state index contributed by atoms with van der Waals surface area (Å²) < 4.78 is 9.60. The summed E-state index contributed by atoms with van der Waals surface area (Å²) in [6.45, 7) is 7.33. The average Bonchev–Trinajstić information content (AvgIpc) is 2.58. The van der Waals surface area contributed by atoms with E-state index in [1.54, 1.807) is 24.3 Å². The van der Waals surface area contributed by atoms with Crippen LogP contribution in [0, 0.1) is 0 Å². The van der Waals surface area contributed by atoms with Crippen molar-refractivity contribution in [1.29, 1.82) is 0 Å². The fourth-order valence-corrected chi connectivity index (χ4v) is 1.84. The minimum atomic E-state index is -0.767. The van der Waals surface area contributed by atoms with Gasteiger partial charge in [-0.2, -0.15) is 0 Å². The van der Waals surface area contributed by atoms with Crippen LogP contribution >= 0.6 is 0 Å². The molecule has 1 rings (SSSR count). The van der Waals surface area contributed by atoms with Crippen LogP contribution in [-0.2, 0) is 14.3 Å². The zero-order valence-corrected chi connectivity index (χ0v) is 13.0. The molecule has 1 aromatic rings. The predicted octanol–water partition coefficient (Wildman–Crippen LogP) is 1.83. The molecule has 122 valence electrons. The normalized spacial score (nSPS) is 9.61. The molecule has 6 heteroatoms. The number of esters is 2. The van der Waals surface area contributed by atoms with E-state index in [1.807, 2.05) is 0 Å². The van der Waals surface area contributed by atoms with Gasteiger partial charge in [0.1, 0.15) is 0 Å². The van der Waals surface area contributed by atoms with Crippen molar-refractivity contribution >= 4 is 17.8 Å². The van der Waals surface area contributed by atoms with Crippen molar-refractivity contribution in [2.75, 3.05) is 26.8 Å². The Labute approximate surface area is 135 Å². The number of methoxy groups -OCH3 is 1. The summed E-state index contributed by atoms with van der Waals surface area (Å²) >= 11 is 0. The highest BCUT2D eigenvalue weighted by Crippen LogP contribution is 2.11. The van der Waals surface area contributed by atoms with E-state index >= 15 is 0 Å². The summed E-state index contributed by atoms with van der Waals surface area (Å²) in [6.07, 6.45) is 3.13. The molecule has 0 heterocycles. The summed E-state index contributed by atoms with van der Waals surface area (Å²) in [5.74, 6) is -1.80. The third-order valence-corrected chi connectivity index (χ3v) is 2.93. The molecule has 0 N–H and O–H groups in total. The van der Waals surface area contributed by atoms with E-state index in [1.165, 1.54) is 24.1 Å². The molecule has 0 atom stereocenters. The first-order valence-electron chi connectivity index (χ1n) is 6.89. The first kappa shape index (κ1) is 18.2. The van der Waals surface area contributed by atoms with Crippen LogP contribution in [0.4, 0.5) is 0 Å². The number of nitrogens with zero attached hydrogens (tertiary/aromatic N) is 1. The lowest BCUT2D eigenvalue weighted by Gasteiger charge is -2.19. The molecule has 0 aromatic heterocycles.